The fraction of sp³-hybridized carbons (Fsp3) is 0.222. The van der Waals surface area contributed by atoms with Crippen LogP contribution in [-0.4, -0.2) is 26.5 Å². The summed E-state index contributed by atoms with van der Waals surface area (Å²) in [6.07, 6.45) is 15.1. The van der Waals surface area contributed by atoms with E-state index in [9.17, 15) is 0 Å². The normalized spacial score (nSPS) is 11.5. The van der Waals surface area contributed by atoms with Gasteiger partial charge in [0.2, 0.25) is 5.52 Å². The Morgan fingerprint density at radius 3 is 1.81 bits per heavy atom. The summed E-state index contributed by atoms with van der Waals surface area (Å²) in [5.41, 5.74) is 5.61. The standard InChI is InChI=1S/C36H40N6/c1-39(33-15-7-5-8-16-33)37-29-31-21-26-41(27-22-31)24-13-3-4-14-25-42-28-23-32(35-19-11-12-20-36(35)42)30-38-40(2)34-17-9-6-10-18-34/h5-12,15-23,26-30H,3-4,13-14,24-25H2,1-2H3/q+2. The van der Waals surface area contributed by atoms with Gasteiger partial charge in [0.1, 0.15) is 13.1 Å². The lowest BCUT2D eigenvalue weighted by Crippen LogP contribution is -2.34. The fourth-order valence-electron chi connectivity index (χ4n) is 4.97. The lowest BCUT2D eigenvalue weighted by atomic mass is 10.1. The third-order valence-corrected chi connectivity index (χ3v) is 7.45. The molecule has 5 aromatic rings. The highest BCUT2D eigenvalue weighted by molar-refractivity contribution is 5.97. The average Bonchev–Trinajstić information content (AvgIpc) is 3.05. The van der Waals surface area contributed by atoms with Crippen molar-refractivity contribution in [2.24, 2.45) is 10.2 Å². The lowest BCUT2D eigenvalue weighted by molar-refractivity contribution is -0.697. The van der Waals surface area contributed by atoms with E-state index in [4.69, 9.17) is 0 Å². The van der Waals surface area contributed by atoms with Crippen molar-refractivity contribution >= 4 is 34.7 Å². The Morgan fingerprint density at radius 2 is 1.14 bits per heavy atom. The van der Waals surface area contributed by atoms with E-state index >= 15 is 0 Å². The zero-order valence-corrected chi connectivity index (χ0v) is 24.6. The van der Waals surface area contributed by atoms with Crippen LogP contribution in [0.1, 0.15) is 36.8 Å². The molecule has 0 N–H and O–H groups in total. The molecule has 6 nitrogen and oxygen atoms in total. The third-order valence-electron chi connectivity index (χ3n) is 7.45. The Kier molecular flexibility index (Phi) is 10.0. The largest absolute Gasteiger partial charge is 0.269 e. The summed E-state index contributed by atoms with van der Waals surface area (Å²) in [5, 5.41) is 14.3. The molecule has 0 radical (unpaired) electrons. The van der Waals surface area contributed by atoms with Crippen LogP contribution < -0.4 is 19.2 Å². The van der Waals surface area contributed by atoms with Crippen molar-refractivity contribution in [2.45, 2.75) is 38.8 Å². The molecular formula is C36H40N6+2. The van der Waals surface area contributed by atoms with Gasteiger partial charge in [-0.2, -0.15) is 14.8 Å². The third kappa shape index (κ3) is 7.88. The number of rotatable bonds is 13. The Labute approximate surface area is 249 Å². The molecule has 42 heavy (non-hydrogen) atoms. The molecule has 6 heteroatoms. The van der Waals surface area contributed by atoms with Crippen molar-refractivity contribution in [3.63, 3.8) is 0 Å². The Balaban J connectivity index is 1.07. The number of pyridine rings is 2. The van der Waals surface area contributed by atoms with Gasteiger partial charge in [0.05, 0.1) is 29.2 Å². The van der Waals surface area contributed by atoms with E-state index in [2.05, 4.69) is 105 Å². The number of aromatic nitrogens is 2. The van der Waals surface area contributed by atoms with Crippen molar-refractivity contribution in [2.75, 3.05) is 24.1 Å². The molecule has 0 atom stereocenters. The topological polar surface area (TPSA) is 39.0 Å². The van der Waals surface area contributed by atoms with E-state index in [0.29, 0.717) is 0 Å². The smallest absolute Gasteiger partial charge is 0.213 e. The van der Waals surface area contributed by atoms with Gasteiger partial charge in [0.15, 0.2) is 18.6 Å². The van der Waals surface area contributed by atoms with Gasteiger partial charge in [0.25, 0.3) is 0 Å². The monoisotopic (exact) mass is 556 g/mol. The van der Waals surface area contributed by atoms with Crippen LogP contribution >= 0.6 is 0 Å². The second-order valence-corrected chi connectivity index (χ2v) is 10.5. The number of benzene rings is 3. The maximum atomic E-state index is 4.69. The van der Waals surface area contributed by atoms with Gasteiger partial charge in [-0.25, -0.2) is 4.57 Å². The number of fused-ring (bicyclic) bond motifs is 1. The summed E-state index contributed by atoms with van der Waals surface area (Å²) >= 11 is 0. The van der Waals surface area contributed by atoms with Crippen LogP contribution in [-0.2, 0) is 13.1 Å². The summed E-state index contributed by atoms with van der Waals surface area (Å²) in [4.78, 5) is 0. The molecule has 0 aliphatic carbocycles. The van der Waals surface area contributed by atoms with E-state index in [1.54, 1.807) is 0 Å². The van der Waals surface area contributed by atoms with Gasteiger partial charge >= 0.3 is 0 Å². The highest BCUT2D eigenvalue weighted by atomic mass is 15.4. The molecule has 0 unspecified atom stereocenters. The van der Waals surface area contributed by atoms with Crippen molar-refractivity contribution < 1.29 is 9.13 Å². The van der Waals surface area contributed by atoms with Crippen molar-refractivity contribution in [3.8, 4) is 0 Å². The molecule has 2 aromatic heterocycles. The van der Waals surface area contributed by atoms with Crippen LogP contribution in [0.25, 0.3) is 10.9 Å². The predicted octanol–water partition coefficient (Wildman–Crippen LogP) is 6.62. The maximum absolute atomic E-state index is 4.69. The van der Waals surface area contributed by atoms with Crippen LogP contribution in [0.15, 0.2) is 132 Å². The minimum Gasteiger partial charge on any atom is -0.269 e. The quantitative estimate of drug-likeness (QED) is 0.0708. The molecule has 0 saturated heterocycles. The number of aryl methyl sites for hydroxylation is 2. The SMILES string of the molecule is CN(N=Cc1cc[n+](CCCCCC[n+]2ccc(C=NN(C)c3ccccc3)c3ccccc32)cc1)c1ccccc1. The number of hydrogen-bond acceptors (Lipinski definition) is 4. The van der Waals surface area contributed by atoms with Crippen LogP contribution in [0.5, 0.6) is 0 Å². The van der Waals surface area contributed by atoms with Crippen LogP contribution in [0, 0.1) is 0 Å². The number of para-hydroxylation sites is 3. The number of hydrogen-bond donors (Lipinski definition) is 0. The highest BCUT2D eigenvalue weighted by Gasteiger charge is 2.11. The number of hydrazone groups is 2. The number of unbranched alkanes of at least 4 members (excludes halogenated alkanes) is 3. The summed E-state index contributed by atoms with van der Waals surface area (Å²) in [6, 6.07) is 35.4. The maximum Gasteiger partial charge on any atom is 0.213 e. The van der Waals surface area contributed by atoms with Crippen molar-refractivity contribution in [3.05, 3.63) is 133 Å². The summed E-state index contributed by atoms with van der Waals surface area (Å²) in [7, 11) is 3.94. The fourth-order valence-corrected chi connectivity index (χ4v) is 4.97. The second-order valence-electron chi connectivity index (χ2n) is 10.5. The van der Waals surface area contributed by atoms with Gasteiger partial charge < -0.3 is 0 Å². The molecule has 2 heterocycles. The second kappa shape index (κ2) is 14.7. The molecule has 0 amide bonds. The lowest BCUT2D eigenvalue weighted by Gasteiger charge is -2.12. The van der Waals surface area contributed by atoms with Gasteiger partial charge in [-0.05, 0) is 43.2 Å². The number of anilines is 2. The molecule has 212 valence electrons. The van der Waals surface area contributed by atoms with Crippen LogP contribution in [0.2, 0.25) is 0 Å². The first kappa shape index (κ1) is 28.7. The minimum atomic E-state index is 1.01. The first-order chi connectivity index (χ1) is 20.7. The van der Waals surface area contributed by atoms with Gasteiger partial charge in [0, 0.05) is 62.3 Å². The molecule has 0 aliphatic rings. The van der Waals surface area contributed by atoms with Crippen LogP contribution in [0.3, 0.4) is 0 Å². The van der Waals surface area contributed by atoms with E-state index < -0.39 is 0 Å². The Bertz CT molecular complexity index is 1600. The van der Waals surface area contributed by atoms with Crippen molar-refractivity contribution in [1.29, 1.82) is 0 Å². The molecule has 0 fully saturated rings. The zero-order chi connectivity index (χ0) is 29.0. The highest BCUT2D eigenvalue weighted by Crippen LogP contribution is 2.16. The molecule has 0 saturated carbocycles. The van der Waals surface area contributed by atoms with Gasteiger partial charge in [-0.15, -0.1) is 0 Å². The summed E-state index contributed by atoms with van der Waals surface area (Å²) in [6.45, 7) is 2.04. The molecular weight excluding hydrogens is 516 g/mol. The van der Waals surface area contributed by atoms with Gasteiger partial charge in [-0.3, -0.25) is 10.0 Å². The van der Waals surface area contributed by atoms with Gasteiger partial charge in [-0.1, -0.05) is 48.5 Å². The molecule has 0 aliphatic heterocycles. The molecule has 0 bridgehead atoms. The number of nitrogens with zero attached hydrogens (tertiary/aromatic N) is 6. The van der Waals surface area contributed by atoms with E-state index in [-0.39, 0.29) is 0 Å². The van der Waals surface area contributed by atoms with E-state index in [1.807, 2.05) is 72.9 Å². The molecule has 5 rings (SSSR count). The Hall–Kier alpha value is -4.84. The summed E-state index contributed by atoms with van der Waals surface area (Å²) < 4.78 is 4.63. The predicted molar refractivity (Wildman–Crippen MR) is 174 cm³/mol. The Morgan fingerprint density at radius 1 is 0.571 bits per heavy atom. The van der Waals surface area contributed by atoms with E-state index in [0.717, 1.165) is 42.0 Å². The van der Waals surface area contributed by atoms with Crippen LogP contribution in [0.4, 0.5) is 11.4 Å². The molecule has 0 spiro atoms. The molecule has 3 aromatic carbocycles. The first-order valence-corrected chi connectivity index (χ1v) is 14.7. The first-order valence-electron chi connectivity index (χ1n) is 14.7. The average molecular weight is 557 g/mol. The van der Waals surface area contributed by atoms with E-state index in [1.165, 1.54) is 30.2 Å². The minimum absolute atomic E-state index is 1.01. The zero-order valence-electron chi connectivity index (χ0n) is 24.6. The van der Waals surface area contributed by atoms with Crippen molar-refractivity contribution in [1.82, 2.24) is 0 Å². The summed E-state index contributed by atoms with van der Waals surface area (Å²) in [5.74, 6) is 0.